The molecule has 17 heavy (non-hydrogen) atoms. The summed E-state index contributed by atoms with van der Waals surface area (Å²) in [6.07, 6.45) is 7.50. The largest absolute Gasteiger partial charge is 0.396 e. The van der Waals surface area contributed by atoms with Crippen molar-refractivity contribution >= 4 is 0 Å². The van der Waals surface area contributed by atoms with Crippen molar-refractivity contribution in [1.29, 1.82) is 0 Å². The molecule has 0 amide bonds. The molecule has 0 radical (unpaired) electrons. The third kappa shape index (κ3) is 18.4. The molecule has 2 N–H and O–H groups in total. The van der Waals surface area contributed by atoms with Gasteiger partial charge in [-0.15, -0.1) is 0 Å². The number of unbranched alkanes of at least 4 members (excludes halogenated alkanes) is 5. The molecule has 4 nitrogen and oxygen atoms in total. The van der Waals surface area contributed by atoms with Gasteiger partial charge in [0.2, 0.25) is 0 Å². The smallest absolute Gasteiger partial charge is 0.277 e. The van der Waals surface area contributed by atoms with E-state index in [0.29, 0.717) is 13.2 Å². The summed E-state index contributed by atoms with van der Waals surface area (Å²) >= 11 is 0. The lowest BCUT2D eigenvalue weighted by Crippen LogP contribution is -2.30. The Labute approximate surface area is 106 Å². The summed E-state index contributed by atoms with van der Waals surface area (Å²) < 4.78 is 9.22. The molecule has 0 aliphatic heterocycles. The van der Waals surface area contributed by atoms with E-state index in [1.54, 1.807) is 6.92 Å². The van der Waals surface area contributed by atoms with E-state index in [9.17, 15) is 0 Å². The molecule has 0 saturated heterocycles. The van der Waals surface area contributed by atoms with E-state index >= 15 is 0 Å². The lowest BCUT2D eigenvalue weighted by atomic mass is 10.1. The van der Waals surface area contributed by atoms with Gasteiger partial charge in [0.15, 0.2) is 0 Å². The number of rotatable bonds is 9. The first kappa shape index (κ1) is 19.2. The van der Waals surface area contributed by atoms with Gasteiger partial charge in [-0.3, -0.25) is 0 Å². The monoisotopic (exact) mass is 250 g/mol. The highest BCUT2D eigenvalue weighted by atomic mass is 16.8. The van der Waals surface area contributed by atoms with Gasteiger partial charge in [-0.1, -0.05) is 39.0 Å². The van der Waals surface area contributed by atoms with Crippen LogP contribution in [-0.2, 0) is 9.47 Å². The van der Waals surface area contributed by atoms with Crippen LogP contribution in [0.15, 0.2) is 0 Å². The highest BCUT2D eigenvalue weighted by Crippen LogP contribution is 2.04. The van der Waals surface area contributed by atoms with Gasteiger partial charge in [-0.05, 0) is 13.3 Å². The highest BCUT2D eigenvalue weighted by molar-refractivity contribution is 4.41. The summed E-state index contributed by atoms with van der Waals surface area (Å²) in [7, 11) is 1.38. The number of aliphatic hydroxyl groups excluding tert-OH is 1. The molecule has 1 atom stereocenters. The third-order valence-electron chi connectivity index (χ3n) is 2.30. The molecule has 0 saturated carbocycles. The van der Waals surface area contributed by atoms with Crippen molar-refractivity contribution in [3.63, 3.8) is 0 Å². The molecule has 0 bridgehead atoms. The predicted octanol–water partition coefficient (Wildman–Crippen LogP) is 2.67. The van der Waals surface area contributed by atoms with Gasteiger partial charge in [-0.2, -0.15) is 0 Å². The minimum atomic E-state index is -1.41. The maximum Gasteiger partial charge on any atom is 0.277 e. The maximum absolute atomic E-state index is 8.88. The first-order chi connectivity index (χ1) is 8.04. The molecule has 0 fully saturated rings. The molecule has 0 aromatic rings. The number of methoxy groups -OCH3 is 1. The van der Waals surface area contributed by atoms with Crippen molar-refractivity contribution in [3.05, 3.63) is 0 Å². The lowest BCUT2D eigenvalue weighted by Gasteiger charge is -2.19. The lowest BCUT2D eigenvalue weighted by molar-refractivity contribution is -0.336. The molecule has 0 aromatic heterocycles. The molecular formula is C13H30O4. The summed E-state index contributed by atoms with van der Waals surface area (Å²) in [5.41, 5.74) is 0. The Hall–Kier alpha value is -0.160. The van der Waals surface area contributed by atoms with E-state index in [1.165, 1.54) is 46.1 Å². The van der Waals surface area contributed by atoms with E-state index in [-0.39, 0.29) is 0 Å². The van der Waals surface area contributed by atoms with Crippen LogP contribution in [0.1, 0.15) is 59.3 Å². The summed E-state index contributed by atoms with van der Waals surface area (Å²) in [5, 5.41) is 17.3. The fraction of sp³-hybridized carbons (Fsp3) is 1.00. The molecule has 4 heteroatoms. The number of hydrogen-bond donors (Lipinski definition) is 2. The first-order valence-electron chi connectivity index (χ1n) is 6.56. The van der Waals surface area contributed by atoms with E-state index in [1.807, 2.05) is 0 Å². The van der Waals surface area contributed by atoms with Crippen LogP contribution in [-0.4, -0.2) is 36.5 Å². The number of hydrogen-bond acceptors (Lipinski definition) is 4. The molecule has 0 aliphatic carbocycles. The van der Waals surface area contributed by atoms with Gasteiger partial charge in [0.05, 0.1) is 0 Å². The molecule has 0 heterocycles. The molecular weight excluding hydrogens is 220 g/mol. The van der Waals surface area contributed by atoms with E-state index in [4.69, 9.17) is 14.9 Å². The van der Waals surface area contributed by atoms with Gasteiger partial charge in [0, 0.05) is 27.2 Å². The second-order valence-corrected chi connectivity index (χ2v) is 4.03. The van der Waals surface area contributed by atoms with Crippen molar-refractivity contribution in [1.82, 2.24) is 0 Å². The van der Waals surface area contributed by atoms with E-state index in [0.717, 1.165) is 6.42 Å². The molecule has 106 valence electrons. The Morgan fingerprint density at radius 1 is 1.00 bits per heavy atom. The summed E-state index contributed by atoms with van der Waals surface area (Å²) in [6.45, 7) is 6.25. The van der Waals surface area contributed by atoms with Gasteiger partial charge < -0.3 is 19.7 Å². The van der Waals surface area contributed by atoms with Crippen LogP contribution in [0.5, 0.6) is 0 Å². The van der Waals surface area contributed by atoms with Crippen molar-refractivity contribution in [3.8, 4) is 0 Å². The minimum Gasteiger partial charge on any atom is -0.396 e. The van der Waals surface area contributed by atoms with Crippen molar-refractivity contribution < 1.29 is 19.7 Å². The predicted molar refractivity (Wildman–Crippen MR) is 69.7 cm³/mol. The summed E-state index contributed by atoms with van der Waals surface area (Å²) in [4.78, 5) is 0. The van der Waals surface area contributed by atoms with Crippen molar-refractivity contribution in [2.45, 2.75) is 65.3 Å². The van der Waals surface area contributed by atoms with Gasteiger partial charge in [0.25, 0.3) is 5.97 Å². The normalized spacial score (nSPS) is 13.8. The van der Waals surface area contributed by atoms with Crippen molar-refractivity contribution in [2.24, 2.45) is 0 Å². The van der Waals surface area contributed by atoms with E-state index in [2.05, 4.69) is 11.7 Å². The second-order valence-electron chi connectivity index (χ2n) is 4.03. The van der Waals surface area contributed by atoms with E-state index < -0.39 is 5.97 Å². The Kier molecular flexibility index (Phi) is 15.7. The molecule has 0 rings (SSSR count). The molecule has 1 unspecified atom stereocenters. The van der Waals surface area contributed by atoms with Crippen molar-refractivity contribution in [2.75, 3.05) is 20.3 Å². The first-order valence-corrected chi connectivity index (χ1v) is 6.56. The van der Waals surface area contributed by atoms with Gasteiger partial charge in [-0.25, -0.2) is 0 Å². The average molecular weight is 250 g/mol. The highest BCUT2D eigenvalue weighted by Gasteiger charge is 2.17. The maximum atomic E-state index is 8.88. The zero-order valence-corrected chi connectivity index (χ0v) is 11.9. The zero-order valence-electron chi connectivity index (χ0n) is 11.9. The third-order valence-corrected chi connectivity index (χ3v) is 2.30. The minimum absolute atomic E-state index is 0.367. The van der Waals surface area contributed by atoms with Crippen LogP contribution in [0.3, 0.4) is 0 Å². The number of aliphatic hydroxyl groups is 2. The fourth-order valence-electron chi connectivity index (χ4n) is 1.22. The SMILES string of the molecule is CCCCCCCCO.CCOC(C)(O)OC. The van der Waals surface area contributed by atoms with Crippen LogP contribution >= 0.6 is 0 Å². The zero-order chi connectivity index (χ0) is 13.6. The Bertz CT molecular complexity index is 131. The van der Waals surface area contributed by atoms with Crippen LogP contribution in [0.25, 0.3) is 0 Å². The van der Waals surface area contributed by atoms with Crippen LogP contribution in [0.4, 0.5) is 0 Å². The quantitative estimate of drug-likeness (QED) is 0.488. The Morgan fingerprint density at radius 3 is 1.88 bits per heavy atom. The fourth-order valence-corrected chi connectivity index (χ4v) is 1.22. The van der Waals surface area contributed by atoms with Gasteiger partial charge in [0.1, 0.15) is 0 Å². The topological polar surface area (TPSA) is 58.9 Å². The van der Waals surface area contributed by atoms with Crippen LogP contribution < -0.4 is 0 Å². The summed E-state index contributed by atoms with van der Waals surface area (Å²) in [5.74, 6) is -1.41. The standard InChI is InChI=1S/C8H18O.C5H12O3/c1-2-3-4-5-6-7-8-9;1-4-8-5(2,6)7-3/h9H,2-8H2,1H3;6H,4H2,1-3H3. The molecule has 0 spiro atoms. The van der Waals surface area contributed by atoms with Crippen LogP contribution in [0, 0.1) is 0 Å². The summed E-state index contributed by atoms with van der Waals surface area (Å²) in [6, 6.07) is 0. The van der Waals surface area contributed by atoms with Gasteiger partial charge >= 0.3 is 0 Å². The Balaban J connectivity index is 0. The van der Waals surface area contributed by atoms with Crippen LogP contribution in [0.2, 0.25) is 0 Å². The molecule has 0 aliphatic rings. The second kappa shape index (κ2) is 13.9. The molecule has 0 aromatic carbocycles. The number of ether oxygens (including phenoxy) is 2. The Morgan fingerprint density at radius 2 is 1.53 bits per heavy atom. The average Bonchev–Trinajstić information content (AvgIpc) is 2.30.